The molecule has 2 atom stereocenters. The minimum atomic E-state index is -0.879. The monoisotopic (exact) mass is 290 g/mol. The van der Waals surface area contributed by atoms with E-state index in [-0.39, 0.29) is 5.97 Å². The SMILES string of the molecule is C=C(C)[C@@H]1CCC(=C)[C@H](CC2=C(C)C(=O)OC(C)(C)O2)C1. The molecule has 1 aliphatic heterocycles. The molecule has 3 nitrogen and oxygen atoms in total. The first-order valence-corrected chi connectivity index (χ1v) is 7.65. The predicted molar refractivity (Wildman–Crippen MR) is 83.4 cm³/mol. The number of hydrogen-bond acceptors (Lipinski definition) is 3. The molecule has 21 heavy (non-hydrogen) atoms. The fraction of sp³-hybridized carbons (Fsp3) is 0.611. The number of allylic oxidation sites excluding steroid dienone is 3. The van der Waals surface area contributed by atoms with Crippen molar-refractivity contribution in [1.29, 1.82) is 0 Å². The largest absolute Gasteiger partial charge is 0.457 e. The van der Waals surface area contributed by atoms with Crippen molar-refractivity contribution in [2.45, 2.75) is 59.2 Å². The minimum Gasteiger partial charge on any atom is -0.457 e. The Bertz CT molecular complexity index is 511. The van der Waals surface area contributed by atoms with Gasteiger partial charge in [0.05, 0.1) is 5.57 Å². The third-order valence-corrected chi connectivity index (χ3v) is 4.52. The molecule has 116 valence electrons. The van der Waals surface area contributed by atoms with Crippen LogP contribution in [-0.2, 0) is 14.3 Å². The average molecular weight is 290 g/mol. The molecule has 0 saturated heterocycles. The summed E-state index contributed by atoms with van der Waals surface area (Å²) in [5, 5.41) is 0. The first-order valence-electron chi connectivity index (χ1n) is 7.65. The molecule has 0 N–H and O–H groups in total. The van der Waals surface area contributed by atoms with Gasteiger partial charge < -0.3 is 9.47 Å². The lowest BCUT2D eigenvalue weighted by Gasteiger charge is -2.36. The van der Waals surface area contributed by atoms with E-state index in [1.165, 1.54) is 11.1 Å². The topological polar surface area (TPSA) is 35.5 Å². The number of ether oxygens (including phenoxy) is 2. The van der Waals surface area contributed by atoms with Crippen LogP contribution in [0.25, 0.3) is 0 Å². The lowest BCUT2D eigenvalue weighted by molar-refractivity contribution is -0.208. The first kappa shape index (κ1) is 15.9. The summed E-state index contributed by atoms with van der Waals surface area (Å²) in [5.41, 5.74) is 3.08. The summed E-state index contributed by atoms with van der Waals surface area (Å²) in [4.78, 5) is 11.9. The normalized spacial score (nSPS) is 29.0. The summed E-state index contributed by atoms with van der Waals surface area (Å²) < 4.78 is 11.1. The molecule has 1 aliphatic carbocycles. The Kier molecular flexibility index (Phi) is 4.31. The van der Waals surface area contributed by atoms with Crippen molar-refractivity contribution >= 4 is 5.97 Å². The predicted octanol–water partition coefficient (Wildman–Crippen LogP) is 4.51. The molecule has 0 unspecified atom stereocenters. The smallest absolute Gasteiger partial charge is 0.340 e. The van der Waals surface area contributed by atoms with Gasteiger partial charge in [0.15, 0.2) is 0 Å². The van der Waals surface area contributed by atoms with Crippen molar-refractivity contribution in [2.75, 3.05) is 0 Å². The molecule has 0 aromatic rings. The van der Waals surface area contributed by atoms with Gasteiger partial charge in [-0.1, -0.05) is 24.3 Å². The van der Waals surface area contributed by atoms with Crippen LogP contribution in [0.4, 0.5) is 0 Å². The van der Waals surface area contributed by atoms with Crippen LogP contribution in [0.5, 0.6) is 0 Å². The zero-order valence-corrected chi connectivity index (χ0v) is 13.6. The highest BCUT2D eigenvalue weighted by Gasteiger charge is 2.36. The molecule has 1 saturated carbocycles. The number of cyclic esters (lactones) is 1. The Morgan fingerprint density at radius 2 is 2.05 bits per heavy atom. The summed E-state index contributed by atoms with van der Waals surface area (Å²) >= 11 is 0. The van der Waals surface area contributed by atoms with E-state index in [2.05, 4.69) is 20.1 Å². The van der Waals surface area contributed by atoms with E-state index in [0.29, 0.717) is 17.4 Å². The van der Waals surface area contributed by atoms with Gasteiger partial charge in [-0.2, -0.15) is 0 Å². The average Bonchev–Trinajstić information content (AvgIpc) is 2.37. The molecule has 0 bridgehead atoms. The first-order chi connectivity index (χ1) is 9.69. The van der Waals surface area contributed by atoms with E-state index in [0.717, 1.165) is 31.4 Å². The van der Waals surface area contributed by atoms with Gasteiger partial charge in [-0.15, -0.1) is 0 Å². The molecule has 0 aromatic heterocycles. The number of carbonyl (C=O) groups excluding carboxylic acids is 1. The van der Waals surface area contributed by atoms with Crippen LogP contribution < -0.4 is 0 Å². The van der Waals surface area contributed by atoms with Gasteiger partial charge in [0, 0.05) is 20.3 Å². The molecule has 1 fully saturated rings. The third kappa shape index (κ3) is 3.58. The molecule has 2 aliphatic rings. The van der Waals surface area contributed by atoms with Gasteiger partial charge in [0.1, 0.15) is 5.76 Å². The number of rotatable bonds is 3. The Hall–Kier alpha value is -1.51. The Balaban J connectivity index is 2.15. The number of esters is 1. The maximum absolute atomic E-state index is 11.9. The molecule has 0 radical (unpaired) electrons. The van der Waals surface area contributed by atoms with Crippen LogP contribution in [0.1, 0.15) is 53.4 Å². The van der Waals surface area contributed by atoms with Gasteiger partial charge >= 0.3 is 5.97 Å². The Labute approximate surface area is 127 Å². The van der Waals surface area contributed by atoms with E-state index in [1.807, 2.05) is 0 Å². The van der Waals surface area contributed by atoms with E-state index in [9.17, 15) is 4.79 Å². The minimum absolute atomic E-state index is 0.279. The van der Waals surface area contributed by atoms with Crippen LogP contribution in [0.2, 0.25) is 0 Å². The van der Waals surface area contributed by atoms with E-state index in [4.69, 9.17) is 9.47 Å². The van der Waals surface area contributed by atoms with Crippen molar-refractivity contribution in [3.63, 3.8) is 0 Å². The van der Waals surface area contributed by atoms with Crippen LogP contribution in [0.15, 0.2) is 35.6 Å². The van der Waals surface area contributed by atoms with Gasteiger partial charge in [0.25, 0.3) is 0 Å². The maximum atomic E-state index is 11.9. The maximum Gasteiger partial charge on any atom is 0.340 e. The second kappa shape index (κ2) is 5.70. The molecule has 1 heterocycles. The lowest BCUT2D eigenvalue weighted by Crippen LogP contribution is -2.37. The standard InChI is InChI=1S/C18H26O3/c1-11(2)14-8-7-12(3)15(9-14)10-16-13(4)17(19)21-18(5,6)20-16/h14-15H,1,3,7-10H2,2,4-6H3/t14-,15+/m1/s1. The lowest BCUT2D eigenvalue weighted by atomic mass is 9.74. The molecular weight excluding hydrogens is 264 g/mol. The second-order valence-corrected chi connectivity index (χ2v) is 6.82. The Morgan fingerprint density at radius 1 is 1.38 bits per heavy atom. The van der Waals surface area contributed by atoms with Crippen LogP contribution >= 0.6 is 0 Å². The van der Waals surface area contributed by atoms with Crippen molar-refractivity contribution in [1.82, 2.24) is 0 Å². The van der Waals surface area contributed by atoms with Crippen LogP contribution in [0, 0.1) is 11.8 Å². The van der Waals surface area contributed by atoms with E-state index < -0.39 is 5.79 Å². The fourth-order valence-corrected chi connectivity index (χ4v) is 3.09. The molecule has 0 spiro atoms. The zero-order valence-electron chi connectivity index (χ0n) is 13.6. The van der Waals surface area contributed by atoms with Crippen molar-refractivity contribution in [3.8, 4) is 0 Å². The fourth-order valence-electron chi connectivity index (χ4n) is 3.09. The highest BCUT2D eigenvalue weighted by atomic mass is 16.7. The Morgan fingerprint density at radius 3 is 2.67 bits per heavy atom. The van der Waals surface area contributed by atoms with E-state index >= 15 is 0 Å². The van der Waals surface area contributed by atoms with Gasteiger partial charge in [-0.05, 0) is 44.9 Å². The molecule has 0 aromatic carbocycles. The third-order valence-electron chi connectivity index (χ3n) is 4.52. The summed E-state index contributed by atoms with van der Waals surface area (Å²) in [6.45, 7) is 15.7. The summed E-state index contributed by atoms with van der Waals surface area (Å²) in [5.74, 6) is 0.497. The summed E-state index contributed by atoms with van der Waals surface area (Å²) in [6.07, 6.45) is 3.94. The quantitative estimate of drug-likeness (QED) is 0.566. The second-order valence-electron chi connectivity index (χ2n) is 6.82. The summed E-state index contributed by atoms with van der Waals surface area (Å²) in [7, 11) is 0. The highest BCUT2D eigenvalue weighted by molar-refractivity contribution is 5.89. The zero-order chi connectivity index (χ0) is 15.8. The number of hydrogen-bond donors (Lipinski definition) is 0. The van der Waals surface area contributed by atoms with Gasteiger partial charge in [-0.25, -0.2) is 4.79 Å². The van der Waals surface area contributed by atoms with E-state index in [1.54, 1.807) is 20.8 Å². The highest BCUT2D eigenvalue weighted by Crippen LogP contribution is 2.41. The molecule has 2 rings (SSSR count). The van der Waals surface area contributed by atoms with Crippen LogP contribution in [-0.4, -0.2) is 11.8 Å². The van der Waals surface area contributed by atoms with Gasteiger partial charge in [0.2, 0.25) is 5.79 Å². The molecule has 0 amide bonds. The van der Waals surface area contributed by atoms with Crippen molar-refractivity contribution in [3.05, 3.63) is 35.6 Å². The van der Waals surface area contributed by atoms with Crippen LogP contribution in [0.3, 0.4) is 0 Å². The van der Waals surface area contributed by atoms with Crippen molar-refractivity contribution < 1.29 is 14.3 Å². The number of carbonyl (C=O) groups is 1. The molecule has 3 heteroatoms. The van der Waals surface area contributed by atoms with Crippen molar-refractivity contribution in [2.24, 2.45) is 11.8 Å². The molecular formula is C18H26O3. The summed E-state index contributed by atoms with van der Waals surface area (Å²) in [6, 6.07) is 0. The van der Waals surface area contributed by atoms with Gasteiger partial charge in [-0.3, -0.25) is 0 Å².